The number of carbonyl (C=O) groups is 6. The molecule has 5 unspecified atom stereocenters. The SMILES string of the molecule is CCC(C)(C)C(=O)OCC12CC3CC(CC(C3)C1)C2.CCC(C)(C)C(=O)OCCC12CC3CC(CC(C3)C1)C2.CCC(C)C(=O)OCCOC(=O)C1CC2CCC1C2.CCC(C)C(=O)OCCOC(=O)C1CCCCC1. The van der Waals surface area contributed by atoms with Gasteiger partial charge in [-0.15, -0.1) is 0 Å². The van der Waals surface area contributed by atoms with E-state index in [-0.39, 0.29) is 96.7 Å². The maximum atomic E-state index is 12.2. The third kappa shape index (κ3) is 17.4. The highest BCUT2D eigenvalue weighted by Gasteiger charge is 2.53. The Hall–Kier alpha value is -3.18. The van der Waals surface area contributed by atoms with Crippen LogP contribution in [0.4, 0.5) is 0 Å². The lowest BCUT2D eigenvalue weighted by molar-refractivity contribution is -0.165. The maximum absolute atomic E-state index is 12.2. The largest absolute Gasteiger partial charge is 0.465 e. The molecule has 0 aliphatic heterocycles. The van der Waals surface area contributed by atoms with Crippen molar-refractivity contribution in [3.05, 3.63) is 0 Å². The summed E-state index contributed by atoms with van der Waals surface area (Å²) in [4.78, 5) is 70.6. The van der Waals surface area contributed by atoms with Gasteiger partial charge in [0, 0.05) is 5.41 Å². The molecule has 0 N–H and O–H groups in total. The van der Waals surface area contributed by atoms with Crippen LogP contribution in [-0.2, 0) is 57.2 Å². The summed E-state index contributed by atoms with van der Waals surface area (Å²) in [6.45, 7) is 21.7. The van der Waals surface area contributed by atoms with Gasteiger partial charge in [0.15, 0.2) is 0 Å². The van der Waals surface area contributed by atoms with Crippen molar-refractivity contribution in [2.45, 2.75) is 236 Å². The van der Waals surface area contributed by atoms with E-state index in [1.807, 2.05) is 55.4 Å². The fourth-order valence-electron chi connectivity index (χ4n) is 15.6. The molecule has 434 valence electrons. The van der Waals surface area contributed by atoms with Gasteiger partial charge in [-0.05, 0) is 222 Å². The Morgan fingerprint density at radius 1 is 0.447 bits per heavy atom. The van der Waals surface area contributed by atoms with E-state index in [0.29, 0.717) is 30.0 Å². The van der Waals surface area contributed by atoms with Crippen LogP contribution in [-0.4, -0.2) is 75.5 Å². The van der Waals surface area contributed by atoms with Crippen molar-refractivity contribution in [3.63, 3.8) is 0 Å². The number of rotatable bonds is 21. The third-order valence-electron chi connectivity index (χ3n) is 20.7. The van der Waals surface area contributed by atoms with Crippen LogP contribution in [0.2, 0.25) is 0 Å². The molecule has 11 fully saturated rings. The van der Waals surface area contributed by atoms with Crippen LogP contribution in [0, 0.1) is 92.7 Å². The molecule has 12 nitrogen and oxygen atoms in total. The van der Waals surface area contributed by atoms with Crippen LogP contribution in [0.3, 0.4) is 0 Å². The lowest BCUT2D eigenvalue weighted by Gasteiger charge is -2.57. The quantitative estimate of drug-likeness (QED) is 0.0609. The first-order valence-corrected chi connectivity index (χ1v) is 31.1. The molecule has 0 saturated heterocycles. The zero-order valence-electron chi connectivity index (χ0n) is 49.5. The van der Waals surface area contributed by atoms with Gasteiger partial charge in [0.1, 0.15) is 26.4 Å². The Morgan fingerprint density at radius 3 is 1.28 bits per heavy atom. The minimum atomic E-state index is -0.318. The molecule has 0 spiro atoms. The van der Waals surface area contributed by atoms with E-state index in [9.17, 15) is 28.8 Å². The Bertz CT molecular complexity index is 1820. The second-order valence-electron chi connectivity index (χ2n) is 27.7. The molecule has 76 heavy (non-hydrogen) atoms. The van der Waals surface area contributed by atoms with Crippen LogP contribution in [0.1, 0.15) is 236 Å². The summed E-state index contributed by atoms with van der Waals surface area (Å²) >= 11 is 0. The molecule has 11 aliphatic rings. The number of hydrogen-bond acceptors (Lipinski definition) is 12. The van der Waals surface area contributed by atoms with Crippen molar-refractivity contribution >= 4 is 35.8 Å². The zero-order chi connectivity index (χ0) is 55.3. The summed E-state index contributed by atoms with van der Waals surface area (Å²) in [5, 5.41) is 0. The standard InChI is InChI=1S/C18H30O2.C17H28O2.C15H24O4.C14H24O4/c1-4-17(2,3)16(19)20-6-5-18-10-13-7-14(11-18)9-15(8-13)12-18;1-4-16(2,3)15(18)19-11-17-8-12-5-13(9-17)7-14(6-12)10-17;1-3-10(2)14(16)18-6-7-19-15(17)13-9-11-4-5-12(13)8-11;1-3-11(2)13(15)17-9-10-18-14(16)12-7-5-4-6-8-12/h13-15H,4-12H2,1-3H3;12-14H,4-11H2,1-3H3;10-13H,3-9H2,1-2H3;11-12H,3-10H2,1-2H3. The van der Waals surface area contributed by atoms with Crippen LogP contribution in [0.5, 0.6) is 0 Å². The van der Waals surface area contributed by atoms with E-state index in [1.165, 1.54) is 103 Å². The Kier molecular flexibility index (Phi) is 23.1. The molecule has 0 aromatic rings. The summed E-state index contributed by atoms with van der Waals surface area (Å²) in [6, 6.07) is 0. The first-order chi connectivity index (χ1) is 36.1. The molecule has 0 radical (unpaired) electrons. The highest BCUT2D eigenvalue weighted by atomic mass is 16.6. The fraction of sp³-hybridized carbons (Fsp3) is 0.906. The Balaban J connectivity index is 0.000000165. The molecular formula is C64H106O12. The molecule has 11 saturated carbocycles. The average molecular weight is 1070 g/mol. The number of carbonyl (C=O) groups excluding carboxylic acids is 6. The number of ether oxygens (including phenoxy) is 6. The Morgan fingerprint density at radius 2 is 0.868 bits per heavy atom. The lowest BCUT2D eigenvalue weighted by Crippen LogP contribution is -2.48. The molecule has 12 heteroatoms. The molecule has 11 rings (SSSR count). The molecule has 5 atom stereocenters. The van der Waals surface area contributed by atoms with Gasteiger partial charge < -0.3 is 28.4 Å². The van der Waals surface area contributed by atoms with Crippen LogP contribution in [0.15, 0.2) is 0 Å². The maximum Gasteiger partial charge on any atom is 0.311 e. The second kappa shape index (κ2) is 28.3. The van der Waals surface area contributed by atoms with E-state index >= 15 is 0 Å². The number of fused-ring (bicyclic) bond motifs is 2. The van der Waals surface area contributed by atoms with E-state index < -0.39 is 0 Å². The normalized spacial score (nSPS) is 32.2. The summed E-state index contributed by atoms with van der Waals surface area (Å²) in [5.74, 6) is 6.40. The zero-order valence-corrected chi connectivity index (χ0v) is 49.5. The van der Waals surface area contributed by atoms with Gasteiger partial charge >= 0.3 is 35.8 Å². The van der Waals surface area contributed by atoms with E-state index in [0.717, 1.165) is 106 Å². The van der Waals surface area contributed by atoms with E-state index in [2.05, 4.69) is 13.8 Å². The minimum absolute atomic E-state index is 0.00532. The number of hydrogen-bond donors (Lipinski definition) is 0. The molecule has 0 heterocycles. The molecule has 0 amide bonds. The Labute approximate surface area is 459 Å². The van der Waals surface area contributed by atoms with Gasteiger partial charge in [0.05, 0.1) is 47.7 Å². The second-order valence-corrected chi connectivity index (χ2v) is 27.7. The van der Waals surface area contributed by atoms with Crippen molar-refractivity contribution in [1.29, 1.82) is 0 Å². The highest BCUT2D eigenvalue weighted by molar-refractivity contribution is 5.76. The minimum Gasteiger partial charge on any atom is -0.465 e. The van der Waals surface area contributed by atoms with Crippen molar-refractivity contribution in [3.8, 4) is 0 Å². The van der Waals surface area contributed by atoms with Gasteiger partial charge in [0.25, 0.3) is 0 Å². The molecule has 0 aromatic heterocycles. The lowest BCUT2D eigenvalue weighted by atomic mass is 9.49. The predicted molar refractivity (Wildman–Crippen MR) is 294 cm³/mol. The van der Waals surface area contributed by atoms with Crippen molar-refractivity contribution in [1.82, 2.24) is 0 Å². The van der Waals surface area contributed by atoms with E-state index in [4.69, 9.17) is 28.4 Å². The monoisotopic (exact) mass is 1070 g/mol. The summed E-state index contributed by atoms with van der Waals surface area (Å²) in [7, 11) is 0. The molecule has 0 aromatic carbocycles. The summed E-state index contributed by atoms with van der Waals surface area (Å²) in [6.07, 6.45) is 31.3. The first-order valence-electron chi connectivity index (χ1n) is 31.1. The van der Waals surface area contributed by atoms with Crippen LogP contribution in [0.25, 0.3) is 0 Å². The predicted octanol–water partition coefficient (Wildman–Crippen LogP) is 14.0. The van der Waals surface area contributed by atoms with Gasteiger partial charge in [0.2, 0.25) is 0 Å². The van der Waals surface area contributed by atoms with Crippen molar-refractivity contribution < 1.29 is 57.2 Å². The van der Waals surface area contributed by atoms with Crippen LogP contribution < -0.4 is 0 Å². The highest BCUT2D eigenvalue weighted by Crippen LogP contribution is 2.62. The molecule has 11 aliphatic carbocycles. The summed E-state index contributed by atoms with van der Waals surface area (Å²) < 4.78 is 31.8. The van der Waals surface area contributed by atoms with Crippen molar-refractivity contribution in [2.75, 3.05) is 39.6 Å². The number of esters is 6. The van der Waals surface area contributed by atoms with Gasteiger partial charge in [-0.1, -0.05) is 67.2 Å². The first kappa shape index (κ1) is 62.0. The van der Waals surface area contributed by atoms with Gasteiger partial charge in [-0.3, -0.25) is 28.8 Å². The van der Waals surface area contributed by atoms with Crippen LogP contribution >= 0.6 is 0 Å². The molecule has 10 bridgehead atoms. The topological polar surface area (TPSA) is 158 Å². The average Bonchev–Trinajstić information content (AvgIpc) is 4.07. The van der Waals surface area contributed by atoms with Gasteiger partial charge in [-0.2, -0.15) is 0 Å². The smallest absolute Gasteiger partial charge is 0.311 e. The van der Waals surface area contributed by atoms with Crippen molar-refractivity contribution in [2.24, 2.45) is 92.7 Å². The third-order valence-corrected chi connectivity index (χ3v) is 20.7. The van der Waals surface area contributed by atoms with Gasteiger partial charge in [-0.25, -0.2) is 0 Å². The fourth-order valence-corrected chi connectivity index (χ4v) is 15.6. The van der Waals surface area contributed by atoms with E-state index in [1.54, 1.807) is 0 Å². The summed E-state index contributed by atoms with van der Waals surface area (Å²) in [5.41, 5.74) is 0.253. The molecular weight excluding hydrogens is 961 g/mol.